The SMILES string of the molecule is CCC/C=C/[C@H](CC(C)=O)OC(=O)[C@@H]1CCCN1C(=O)OCC1c2ccccc2-c2ccccc21. The van der Waals surface area contributed by atoms with Crippen molar-refractivity contribution >= 4 is 17.8 Å². The van der Waals surface area contributed by atoms with Crippen LogP contribution in [0.15, 0.2) is 60.7 Å². The number of Topliss-reactive ketones (excluding diaryl/α,β-unsaturated/α-hetero) is 1. The summed E-state index contributed by atoms with van der Waals surface area (Å²) in [7, 11) is 0. The Hall–Kier alpha value is -3.41. The number of hydrogen-bond donors (Lipinski definition) is 0. The van der Waals surface area contributed by atoms with E-state index in [-0.39, 0.29) is 24.7 Å². The molecule has 2 aliphatic rings. The van der Waals surface area contributed by atoms with E-state index in [1.807, 2.05) is 30.3 Å². The zero-order valence-electron chi connectivity index (χ0n) is 20.4. The van der Waals surface area contributed by atoms with Gasteiger partial charge in [-0.2, -0.15) is 0 Å². The average Bonchev–Trinajstić information content (AvgIpc) is 3.46. The fourth-order valence-electron chi connectivity index (χ4n) is 4.98. The minimum absolute atomic E-state index is 0.0389. The molecule has 2 atom stereocenters. The maximum absolute atomic E-state index is 13.0. The van der Waals surface area contributed by atoms with Crippen molar-refractivity contribution in [2.45, 2.75) is 64.0 Å². The first-order valence-corrected chi connectivity index (χ1v) is 12.5. The lowest BCUT2D eigenvalue weighted by molar-refractivity contribution is -0.152. The molecule has 2 aromatic rings. The Morgan fingerprint density at radius 3 is 2.34 bits per heavy atom. The molecule has 0 saturated carbocycles. The lowest BCUT2D eigenvalue weighted by atomic mass is 9.98. The lowest BCUT2D eigenvalue weighted by Gasteiger charge is -2.25. The first-order chi connectivity index (χ1) is 17.0. The number of hydrogen-bond acceptors (Lipinski definition) is 5. The van der Waals surface area contributed by atoms with Gasteiger partial charge in [-0.25, -0.2) is 9.59 Å². The maximum atomic E-state index is 13.0. The third kappa shape index (κ3) is 5.64. The summed E-state index contributed by atoms with van der Waals surface area (Å²) < 4.78 is 11.4. The number of rotatable bonds is 9. The number of fused-ring (bicyclic) bond motifs is 3. The van der Waals surface area contributed by atoms with Gasteiger partial charge in [0.25, 0.3) is 0 Å². The number of carbonyl (C=O) groups excluding carboxylic acids is 3. The van der Waals surface area contributed by atoms with Crippen molar-refractivity contribution in [3.8, 4) is 11.1 Å². The normalized spacial score (nSPS) is 17.8. The van der Waals surface area contributed by atoms with Crippen LogP contribution in [0.4, 0.5) is 4.79 Å². The summed E-state index contributed by atoms with van der Waals surface area (Å²) in [5.41, 5.74) is 4.62. The van der Waals surface area contributed by atoms with E-state index >= 15 is 0 Å². The monoisotopic (exact) mass is 475 g/mol. The van der Waals surface area contributed by atoms with E-state index in [0.717, 1.165) is 24.0 Å². The number of carbonyl (C=O) groups is 3. The number of ketones is 1. The van der Waals surface area contributed by atoms with Crippen molar-refractivity contribution in [3.63, 3.8) is 0 Å². The molecule has 0 bridgehead atoms. The Kier molecular flexibility index (Phi) is 8.01. The van der Waals surface area contributed by atoms with Gasteiger partial charge in [0, 0.05) is 18.9 Å². The molecule has 6 nitrogen and oxygen atoms in total. The number of likely N-dealkylation sites (tertiary alicyclic amines) is 1. The molecule has 0 aromatic heterocycles. The number of ether oxygens (including phenoxy) is 2. The van der Waals surface area contributed by atoms with Gasteiger partial charge in [-0.1, -0.05) is 68.0 Å². The van der Waals surface area contributed by atoms with E-state index in [1.165, 1.54) is 23.0 Å². The van der Waals surface area contributed by atoms with Gasteiger partial charge in [0.1, 0.15) is 24.5 Å². The van der Waals surface area contributed by atoms with Gasteiger partial charge in [0.2, 0.25) is 0 Å². The Morgan fingerprint density at radius 1 is 1.06 bits per heavy atom. The summed E-state index contributed by atoms with van der Waals surface area (Å²) in [5, 5.41) is 0. The van der Waals surface area contributed by atoms with E-state index in [4.69, 9.17) is 9.47 Å². The molecule has 1 aliphatic carbocycles. The second kappa shape index (κ2) is 11.3. The Balaban J connectivity index is 1.41. The molecular formula is C29H33NO5. The highest BCUT2D eigenvalue weighted by atomic mass is 16.6. The van der Waals surface area contributed by atoms with Gasteiger partial charge in [-0.15, -0.1) is 0 Å². The fraction of sp³-hybridized carbons (Fsp3) is 0.414. The van der Waals surface area contributed by atoms with Crippen LogP contribution in [0.3, 0.4) is 0 Å². The summed E-state index contributed by atoms with van der Waals surface area (Å²) in [4.78, 5) is 39.1. The standard InChI is InChI=1S/C29H33NO5/c1-3-4-5-11-21(18-20(2)31)35-28(32)27-16-10-17-30(27)29(33)34-19-26-24-14-8-6-12-22(24)23-13-7-9-15-25(23)26/h5-9,11-15,21,26-27H,3-4,10,16-19H2,1-2H3/b11-5+/t21-,27+/m1/s1. The molecular weight excluding hydrogens is 442 g/mol. The molecule has 1 saturated heterocycles. The van der Waals surface area contributed by atoms with Gasteiger partial charge in [0.15, 0.2) is 0 Å². The zero-order valence-corrected chi connectivity index (χ0v) is 20.4. The van der Waals surface area contributed by atoms with Crippen LogP contribution < -0.4 is 0 Å². The van der Waals surface area contributed by atoms with Crippen LogP contribution in [0.1, 0.15) is 63.0 Å². The zero-order chi connectivity index (χ0) is 24.8. The molecule has 0 spiro atoms. The van der Waals surface area contributed by atoms with Crippen molar-refractivity contribution in [1.29, 1.82) is 0 Å². The van der Waals surface area contributed by atoms with Crippen LogP contribution in [0.25, 0.3) is 11.1 Å². The molecule has 35 heavy (non-hydrogen) atoms. The van der Waals surface area contributed by atoms with Crippen molar-refractivity contribution in [1.82, 2.24) is 4.90 Å². The average molecular weight is 476 g/mol. The predicted octanol–water partition coefficient (Wildman–Crippen LogP) is 5.65. The number of unbranched alkanes of at least 4 members (excludes halogenated alkanes) is 1. The van der Waals surface area contributed by atoms with Crippen molar-refractivity contribution in [2.75, 3.05) is 13.2 Å². The number of esters is 1. The highest BCUT2D eigenvalue weighted by molar-refractivity contribution is 5.83. The first-order valence-electron chi connectivity index (χ1n) is 12.5. The van der Waals surface area contributed by atoms with Crippen LogP contribution in [0, 0.1) is 0 Å². The number of benzene rings is 2. The maximum Gasteiger partial charge on any atom is 0.410 e. The van der Waals surface area contributed by atoms with E-state index in [9.17, 15) is 14.4 Å². The molecule has 1 aliphatic heterocycles. The lowest BCUT2D eigenvalue weighted by Crippen LogP contribution is -2.43. The highest BCUT2D eigenvalue weighted by Gasteiger charge is 2.38. The van der Waals surface area contributed by atoms with Crippen LogP contribution in [0.2, 0.25) is 0 Å². The van der Waals surface area contributed by atoms with Crippen molar-refractivity contribution in [3.05, 3.63) is 71.8 Å². The van der Waals surface area contributed by atoms with E-state index in [1.54, 1.807) is 6.08 Å². The van der Waals surface area contributed by atoms with E-state index < -0.39 is 24.2 Å². The minimum atomic E-state index is -0.695. The van der Waals surface area contributed by atoms with Crippen molar-refractivity contribution in [2.24, 2.45) is 0 Å². The van der Waals surface area contributed by atoms with Crippen LogP contribution in [-0.4, -0.2) is 48.0 Å². The minimum Gasteiger partial charge on any atom is -0.456 e. The molecule has 2 aromatic carbocycles. The summed E-state index contributed by atoms with van der Waals surface area (Å²) in [6.07, 6.45) is 5.75. The second-order valence-electron chi connectivity index (χ2n) is 9.25. The topological polar surface area (TPSA) is 72.9 Å². The molecule has 0 N–H and O–H groups in total. The molecule has 6 heteroatoms. The third-order valence-electron chi connectivity index (χ3n) is 6.66. The van der Waals surface area contributed by atoms with Crippen LogP contribution in [0.5, 0.6) is 0 Å². The number of nitrogens with zero attached hydrogens (tertiary/aromatic N) is 1. The highest BCUT2D eigenvalue weighted by Crippen LogP contribution is 2.44. The quantitative estimate of drug-likeness (QED) is 0.346. The smallest absolute Gasteiger partial charge is 0.410 e. The molecule has 1 amide bonds. The number of amides is 1. The number of allylic oxidation sites excluding steroid dienone is 1. The van der Waals surface area contributed by atoms with Gasteiger partial charge in [0.05, 0.1) is 0 Å². The first kappa shape index (κ1) is 24.7. The summed E-state index contributed by atoms with van der Waals surface area (Å²) in [6.45, 7) is 4.19. The Morgan fingerprint density at radius 2 is 1.71 bits per heavy atom. The Labute approximate surface area is 206 Å². The third-order valence-corrected chi connectivity index (χ3v) is 6.66. The summed E-state index contributed by atoms with van der Waals surface area (Å²) >= 11 is 0. The largest absolute Gasteiger partial charge is 0.456 e. The molecule has 0 radical (unpaired) electrons. The van der Waals surface area contributed by atoms with Gasteiger partial charge < -0.3 is 9.47 Å². The van der Waals surface area contributed by atoms with E-state index in [0.29, 0.717) is 19.4 Å². The predicted molar refractivity (Wildman–Crippen MR) is 134 cm³/mol. The van der Waals surface area contributed by atoms with E-state index in [2.05, 4.69) is 31.2 Å². The fourth-order valence-corrected chi connectivity index (χ4v) is 4.98. The van der Waals surface area contributed by atoms with Crippen molar-refractivity contribution < 1.29 is 23.9 Å². The van der Waals surface area contributed by atoms with Crippen LogP contribution >= 0.6 is 0 Å². The van der Waals surface area contributed by atoms with Gasteiger partial charge in [-0.3, -0.25) is 9.69 Å². The van der Waals surface area contributed by atoms with Gasteiger partial charge in [-0.05, 0) is 54.5 Å². The molecule has 184 valence electrons. The molecule has 1 fully saturated rings. The molecule has 4 rings (SSSR count). The summed E-state index contributed by atoms with van der Waals surface area (Å²) in [6, 6.07) is 15.7. The van der Waals surface area contributed by atoms with Gasteiger partial charge >= 0.3 is 12.1 Å². The Bertz CT molecular complexity index is 1060. The molecule has 0 unspecified atom stereocenters. The van der Waals surface area contributed by atoms with Crippen LogP contribution in [-0.2, 0) is 19.1 Å². The summed E-state index contributed by atoms with van der Waals surface area (Å²) in [5.74, 6) is -0.574. The molecule has 1 heterocycles. The second-order valence-corrected chi connectivity index (χ2v) is 9.25.